The summed E-state index contributed by atoms with van der Waals surface area (Å²) in [6.45, 7) is 12.4. The van der Waals surface area contributed by atoms with E-state index < -0.39 is 51.0 Å². The maximum absolute atomic E-state index is 14.0. The Labute approximate surface area is 239 Å². The van der Waals surface area contributed by atoms with E-state index in [2.05, 4.69) is 21.9 Å². The Morgan fingerprint density at radius 3 is 2.23 bits per heavy atom. The molecule has 0 aromatic carbocycles. The second-order valence-electron chi connectivity index (χ2n) is 13.0. The van der Waals surface area contributed by atoms with Crippen LogP contribution in [0.3, 0.4) is 0 Å². The van der Waals surface area contributed by atoms with Crippen molar-refractivity contribution < 1.29 is 27.6 Å². The van der Waals surface area contributed by atoms with E-state index in [1.165, 1.54) is 6.08 Å². The number of amides is 4. The Bertz CT molecular complexity index is 1060. The predicted octanol–water partition coefficient (Wildman–Crippen LogP) is 2.64. The van der Waals surface area contributed by atoms with E-state index >= 15 is 0 Å². The second-order valence-corrected chi connectivity index (χ2v) is 15.0. The largest absolute Gasteiger partial charge is 0.356 e. The number of hydrogen-bond acceptors (Lipinski definition) is 6. The first-order valence-corrected chi connectivity index (χ1v) is 16.3. The topological polar surface area (TPSA) is 142 Å². The highest BCUT2D eigenvalue weighted by Gasteiger charge is 2.43. The summed E-state index contributed by atoms with van der Waals surface area (Å²) in [6, 6.07) is -1.93. The van der Waals surface area contributed by atoms with Crippen LogP contribution in [0.25, 0.3) is 0 Å². The van der Waals surface area contributed by atoms with Gasteiger partial charge in [0.2, 0.25) is 27.7 Å². The molecule has 1 aliphatic heterocycles. The van der Waals surface area contributed by atoms with E-state index in [1.807, 2.05) is 20.8 Å². The minimum absolute atomic E-state index is 0.0814. The average molecular weight is 581 g/mol. The normalized spacial score (nSPS) is 22.6. The molecule has 0 spiro atoms. The van der Waals surface area contributed by atoms with E-state index in [-0.39, 0.29) is 29.6 Å². The van der Waals surface area contributed by atoms with Crippen LogP contribution >= 0.6 is 0 Å². The third kappa shape index (κ3) is 8.78. The highest BCUT2D eigenvalue weighted by atomic mass is 32.2. The Morgan fingerprint density at radius 1 is 1.00 bits per heavy atom. The highest BCUT2D eigenvalue weighted by molar-refractivity contribution is 7.90. The van der Waals surface area contributed by atoms with Crippen LogP contribution in [-0.4, -0.2) is 67.4 Å². The molecule has 10 nitrogen and oxygen atoms in total. The summed E-state index contributed by atoms with van der Waals surface area (Å²) < 4.78 is 26.8. The van der Waals surface area contributed by atoms with E-state index in [9.17, 15) is 27.6 Å². The van der Waals surface area contributed by atoms with Crippen LogP contribution < -0.4 is 15.4 Å². The molecule has 0 aromatic rings. The second kappa shape index (κ2) is 13.5. The monoisotopic (exact) mass is 580 g/mol. The summed E-state index contributed by atoms with van der Waals surface area (Å²) in [5.74, 6) is -2.62. The van der Waals surface area contributed by atoms with Crippen LogP contribution in [0.5, 0.6) is 0 Å². The van der Waals surface area contributed by atoms with Crippen LogP contribution in [0.2, 0.25) is 0 Å². The molecule has 4 unspecified atom stereocenters. The zero-order valence-electron chi connectivity index (χ0n) is 24.5. The Kier molecular flexibility index (Phi) is 10.8. The molecule has 1 heterocycles. The molecule has 0 radical (unpaired) electrons. The van der Waals surface area contributed by atoms with Crippen molar-refractivity contribution >= 4 is 33.7 Å². The number of sulfonamides is 1. The van der Waals surface area contributed by atoms with Gasteiger partial charge in [-0.3, -0.25) is 23.9 Å². The first kappa shape index (κ1) is 32.1. The quantitative estimate of drug-likeness (QED) is 0.303. The Morgan fingerprint density at radius 2 is 1.65 bits per heavy atom. The Balaban J connectivity index is 1.73. The summed E-state index contributed by atoms with van der Waals surface area (Å²) in [7, 11) is -3.79. The van der Waals surface area contributed by atoms with Crippen molar-refractivity contribution in [1.29, 1.82) is 0 Å². The molecule has 3 fully saturated rings. The lowest BCUT2D eigenvalue weighted by molar-refractivity contribution is -0.145. The molecular formula is C29H48N4O6S. The van der Waals surface area contributed by atoms with Crippen LogP contribution in [0.4, 0.5) is 0 Å². The zero-order chi connectivity index (χ0) is 29.7. The molecule has 3 N–H and O–H groups in total. The van der Waals surface area contributed by atoms with E-state index in [0.29, 0.717) is 38.8 Å². The minimum Gasteiger partial charge on any atom is -0.356 e. The molecule has 4 amide bonds. The molecule has 1 saturated heterocycles. The third-order valence-corrected chi connectivity index (χ3v) is 10.1. The molecule has 2 saturated carbocycles. The number of likely N-dealkylation sites (tertiary alicyclic amines) is 1. The number of hydrogen-bond donors (Lipinski definition) is 3. The van der Waals surface area contributed by atoms with E-state index in [4.69, 9.17) is 0 Å². The van der Waals surface area contributed by atoms with Crippen LogP contribution in [-0.2, 0) is 29.2 Å². The standard InChI is InChI=1S/C29H48N4O6S/c1-6-19(2)25(27(36)32-40(38,39)21-14-15-21)31-26(35)23-13-10-16-33(23)28(37)22(20-11-8-7-9-12-20)17-24(34)30-18-29(3,4)5/h6,19-23,25H,1,7-18H2,2-5H3,(H,30,34)(H,31,35)(H,32,36). The van der Waals surface area contributed by atoms with Gasteiger partial charge >= 0.3 is 0 Å². The molecule has 3 rings (SSSR count). The van der Waals surface area contributed by atoms with Gasteiger partial charge in [-0.15, -0.1) is 6.58 Å². The van der Waals surface area contributed by atoms with Gasteiger partial charge in [-0.2, -0.15) is 0 Å². The lowest BCUT2D eigenvalue weighted by Gasteiger charge is -2.34. The number of nitrogens with zero attached hydrogens (tertiary/aromatic N) is 1. The minimum atomic E-state index is -3.79. The van der Waals surface area contributed by atoms with E-state index in [0.717, 1.165) is 32.1 Å². The van der Waals surface area contributed by atoms with Crippen molar-refractivity contribution in [2.24, 2.45) is 23.2 Å². The molecule has 226 valence electrons. The summed E-state index contributed by atoms with van der Waals surface area (Å²) in [5.41, 5.74) is -0.0818. The third-order valence-electron chi connectivity index (χ3n) is 8.28. The maximum Gasteiger partial charge on any atom is 0.256 e. The number of carbonyl (C=O) groups excluding carboxylic acids is 4. The number of rotatable bonds is 12. The molecule has 2 aliphatic carbocycles. The predicted molar refractivity (Wildman–Crippen MR) is 153 cm³/mol. The van der Waals surface area contributed by atoms with Crippen LogP contribution in [0.15, 0.2) is 12.7 Å². The van der Waals surface area contributed by atoms with Gasteiger partial charge in [-0.25, -0.2) is 8.42 Å². The molecular weight excluding hydrogens is 532 g/mol. The molecule has 4 atom stereocenters. The summed E-state index contributed by atoms with van der Waals surface area (Å²) in [5, 5.41) is 5.10. The SMILES string of the molecule is C=CC(C)C(NC(=O)C1CCCN1C(=O)C(CC(=O)NCC(C)(C)C)C1CCCCC1)C(=O)NS(=O)(=O)C1CC1. The molecule has 0 bridgehead atoms. The molecule has 40 heavy (non-hydrogen) atoms. The van der Waals surface area contributed by atoms with Gasteiger partial charge in [-0.05, 0) is 49.9 Å². The smallest absolute Gasteiger partial charge is 0.256 e. The average Bonchev–Trinajstić information content (AvgIpc) is 3.66. The summed E-state index contributed by atoms with van der Waals surface area (Å²) >= 11 is 0. The highest BCUT2D eigenvalue weighted by Crippen LogP contribution is 2.35. The number of carbonyl (C=O) groups is 4. The van der Waals surface area contributed by atoms with Crippen molar-refractivity contribution in [3.05, 3.63) is 12.7 Å². The summed E-state index contributed by atoms with van der Waals surface area (Å²) in [6.07, 6.45) is 8.55. The fourth-order valence-electron chi connectivity index (χ4n) is 5.63. The van der Waals surface area contributed by atoms with Crippen molar-refractivity contribution in [2.75, 3.05) is 13.1 Å². The lowest BCUT2D eigenvalue weighted by atomic mass is 9.77. The van der Waals surface area contributed by atoms with Gasteiger partial charge in [0, 0.05) is 31.3 Å². The Hall–Kier alpha value is -2.43. The molecule has 0 aromatic heterocycles. The van der Waals surface area contributed by atoms with Gasteiger partial charge in [0.15, 0.2) is 0 Å². The van der Waals surface area contributed by atoms with Gasteiger partial charge in [0.1, 0.15) is 12.1 Å². The maximum atomic E-state index is 14.0. The van der Waals surface area contributed by atoms with Crippen LogP contribution in [0, 0.1) is 23.2 Å². The first-order valence-electron chi connectivity index (χ1n) is 14.8. The van der Waals surface area contributed by atoms with Crippen LogP contribution in [0.1, 0.15) is 91.9 Å². The lowest BCUT2D eigenvalue weighted by Crippen LogP contribution is -2.56. The zero-order valence-corrected chi connectivity index (χ0v) is 25.4. The fraction of sp³-hybridized carbons (Fsp3) is 0.793. The number of nitrogens with one attached hydrogen (secondary N) is 3. The van der Waals surface area contributed by atoms with E-state index in [1.54, 1.807) is 11.8 Å². The van der Waals surface area contributed by atoms with Crippen molar-refractivity contribution in [3.8, 4) is 0 Å². The van der Waals surface area contributed by atoms with Crippen molar-refractivity contribution in [3.63, 3.8) is 0 Å². The van der Waals surface area contributed by atoms with Gasteiger partial charge in [0.25, 0.3) is 5.91 Å². The first-order chi connectivity index (χ1) is 18.7. The van der Waals surface area contributed by atoms with Crippen molar-refractivity contribution in [1.82, 2.24) is 20.3 Å². The summed E-state index contributed by atoms with van der Waals surface area (Å²) in [4.78, 5) is 54.9. The fourth-order valence-corrected chi connectivity index (χ4v) is 6.96. The van der Waals surface area contributed by atoms with Gasteiger partial charge in [0.05, 0.1) is 5.25 Å². The molecule has 3 aliphatic rings. The van der Waals surface area contributed by atoms with Gasteiger partial charge in [-0.1, -0.05) is 53.0 Å². The molecule has 11 heteroatoms. The van der Waals surface area contributed by atoms with Gasteiger partial charge < -0.3 is 15.5 Å². The van der Waals surface area contributed by atoms with Crippen molar-refractivity contribution in [2.45, 2.75) is 109 Å².